The van der Waals surface area contributed by atoms with Gasteiger partial charge in [-0.05, 0) is 31.5 Å². The van der Waals surface area contributed by atoms with Crippen LogP contribution in [-0.4, -0.2) is 55.0 Å². The van der Waals surface area contributed by atoms with Crippen LogP contribution in [0.1, 0.15) is 26.7 Å². The van der Waals surface area contributed by atoms with Crippen molar-refractivity contribution in [2.75, 3.05) is 33.3 Å². The van der Waals surface area contributed by atoms with Crippen molar-refractivity contribution < 1.29 is 9.53 Å². The molecule has 1 aromatic rings. The first-order valence-corrected chi connectivity index (χ1v) is 8.22. The lowest BCUT2D eigenvalue weighted by atomic mass is 10.0. The molecule has 1 fully saturated rings. The van der Waals surface area contributed by atoms with Gasteiger partial charge in [-0.15, -0.1) is 0 Å². The quantitative estimate of drug-likeness (QED) is 0.810. The van der Waals surface area contributed by atoms with Gasteiger partial charge in [0.25, 0.3) is 0 Å². The number of para-hydroxylation sites is 1. The van der Waals surface area contributed by atoms with Crippen LogP contribution in [-0.2, 0) is 4.79 Å². The van der Waals surface area contributed by atoms with Crippen molar-refractivity contribution in [3.63, 3.8) is 0 Å². The van der Waals surface area contributed by atoms with Gasteiger partial charge in [0, 0.05) is 26.1 Å². The van der Waals surface area contributed by atoms with E-state index in [0.29, 0.717) is 18.9 Å². The molecule has 1 atom stereocenters. The summed E-state index contributed by atoms with van der Waals surface area (Å²) in [5.74, 6) is 1.67. The van der Waals surface area contributed by atoms with Crippen LogP contribution in [0.5, 0.6) is 5.75 Å². The van der Waals surface area contributed by atoms with E-state index in [0.717, 1.165) is 31.8 Å². The molecule has 2 rings (SSSR count). The minimum Gasteiger partial charge on any atom is -0.491 e. The summed E-state index contributed by atoms with van der Waals surface area (Å²) in [7, 11) is 2.08. The Morgan fingerprint density at radius 2 is 1.86 bits per heavy atom. The van der Waals surface area contributed by atoms with Crippen molar-refractivity contribution in [1.82, 2.24) is 9.80 Å². The average Bonchev–Trinajstić information content (AvgIpc) is 2.66. The molecule has 4 heteroatoms. The van der Waals surface area contributed by atoms with Gasteiger partial charge in [0.05, 0.1) is 6.04 Å². The monoisotopic (exact) mass is 304 g/mol. The SMILES string of the molecule is CC(C)CC(COc1ccccc1)N1CCN(C)CCC1=O. The molecule has 0 N–H and O–H groups in total. The Balaban J connectivity index is 2.02. The second-order valence-electron chi connectivity index (χ2n) is 6.55. The summed E-state index contributed by atoms with van der Waals surface area (Å²) in [6.07, 6.45) is 1.58. The maximum atomic E-state index is 12.4. The van der Waals surface area contributed by atoms with E-state index < -0.39 is 0 Å². The predicted molar refractivity (Wildman–Crippen MR) is 89.0 cm³/mol. The summed E-state index contributed by atoms with van der Waals surface area (Å²) in [4.78, 5) is 16.7. The number of nitrogens with zero attached hydrogens (tertiary/aromatic N) is 2. The van der Waals surface area contributed by atoms with Gasteiger partial charge < -0.3 is 14.5 Å². The minimum absolute atomic E-state index is 0.152. The van der Waals surface area contributed by atoms with Crippen molar-refractivity contribution in [2.24, 2.45) is 5.92 Å². The van der Waals surface area contributed by atoms with Crippen LogP contribution in [0, 0.1) is 5.92 Å². The molecule has 122 valence electrons. The first-order chi connectivity index (χ1) is 10.6. The lowest BCUT2D eigenvalue weighted by Gasteiger charge is -2.32. The number of benzene rings is 1. The van der Waals surface area contributed by atoms with E-state index in [9.17, 15) is 4.79 Å². The number of ether oxygens (including phenoxy) is 1. The molecule has 0 aromatic heterocycles. The van der Waals surface area contributed by atoms with Crippen LogP contribution in [0.25, 0.3) is 0 Å². The van der Waals surface area contributed by atoms with Crippen LogP contribution in [0.15, 0.2) is 30.3 Å². The van der Waals surface area contributed by atoms with Gasteiger partial charge in [-0.3, -0.25) is 4.79 Å². The fourth-order valence-electron chi connectivity index (χ4n) is 2.87. The Bertz CT molecular complexity index is 461. The van der Waals surface area contributed by atoms with Crippen molar-refractivity contribution in [2.45, 2.75) is 32.7 Å². The van der Waals surface area contributed by atoms with Gasteiger partial charge in [0.2, 0.25) is 5.91 Å². The standard InChI is InChI=1S/C18H28N2O2/c1-15(2)13-16(14-22-17-7-5-4-6-8-17)20-12-11-19(3)10-9-18(20)21/h4-8,15-16H,9-14H2,1-3H3. The molecule has 1 aromatic carbocycles. The molecule has 4 nitrogen and oxygen atoms in total. The molecule has 0 bridgehead atoms. The summed E-state index contributed by atoms with van der Waals surface area (Å²) in [5, 5.41) is 0. The van der Waals surface area contributed by atoms with Gasteiger partial charge in [0.1, 0.15) is 12.4 Å². The highest BCUT2D eigenvalue weighted by atomic mass is 16.5. The Kier molecular flexibility index (Phi) is 6.25. The number of rotatable bonds is 6. The van der Waals surface area contributed by atoms with Crippen LogP contribution < -0.4 is 4.74 Å². The Labute approximate surface area is 134 Å². The fourth-order valence-corrected chi connectivity index (χ4v) is 2.87. The summed E-state index contributed by atoms with van der Waals surface area (Å²) >= 11 is 0. The van der Waals surface area contributed by atoms with Gasteiger partial charge in [-0.2, -0.15) is 0 Å². The van der Waals surface area contributed by atoms with E-state index in [-0.39, 0.29) is 11.9 Å². The summed E-state index contributed by atoms with van der Waals surface area (Å²) in [6, 6.07) is 10.00. The maximum Gasteiger partial charge on any atom is 0.224 e. The number of carbonyl (C=O) groups excluding carboxylic acids is 1. The number of hydrogen-bond acceptors (Lipinski definition) is 3. The van der Waals surface area contributed by atoms with Crippen LogP contribution in [0.4, 0.5) is 0 Å². The predicted octanol–water partition coefficient (Wildman–Crippen LogP) is 2.64. The lowest BCUT2D eigenvalue weighted by molar-refractivity contribution is -0.133. The highest BCUT2D eigenvalue weighted by Crippen LogP contribution is 2.17. The number of carbonyl (C=O) groups is 1. The van der Waals surface area contributed by atoms with Gasteiger partial charge in [-0.25, -0.2) is 0 Å². The van der Waals surface area contributed by atoms with Gasteiger partial charge in [0.15, 0.2) is 0 Å². The minimum atomic E-state index is 0.152. The number of hydrogen-bond donors (Lipinski definition) is 0. The highest BCUT2D eigenvalue weighted by Gasteiger charge is 2.27. The Morgan fingerprint density at radius 1 is 1.14 bits per heavy atom. The van der Waals surface area contributed by atoms with Crippen molar-refractivity contribution in [3.8, 4) is 5.75 Å². The summed E-state index contributed by atoms with van der Waals surface area (Å²) in [5.41, 5.74) is 0. The van der Waals surface area contributed by atoms with Crippen molar-refractivity contribution in [3.05, 3.63) is 30.3 Å². The number of likely N-dealkylation sites (N-methyl/N-ethyl adjacent to an activating group) is 1. The van der Waals surface area contributed by atoms with E-state index in [4.69, 9.17) is 4.74 Å². The Hall–Kier alpha value is -1.55. The lowest BCUT2D eigenvalue weighted by Crippen LogP contribution is -2.45. The number of amides is 1. The van der Waals surface area contributed by atoms with Crippen molar-refractivity contribution in [1.29, 1.82) is 0 Å². The molecule has 22 heavy (non-hydrogen) atoms. The zero-order chi connectivity index (χ0) is 15.9. The molecule has 1 saturated heterocycles. The van der Waals surface area contributed by atoms with E-state index in [1.54, 1.807) is 0 Å². The smallest absolute Gasteiger partial charge is 0.224 e. The largest absolute Gasteiger partial charge is 0.491 e. The van der Waals surface area contributed by atoms with E-state index >= 15 is 0 Å². The first-order valence-electron chi connectivity index (χ1n) is 8.22. The van der Waals surface area contributed by atoms with Gasteiger partial charge >= 0.3 is 0 Å². The zero-order valence-corrected chi connectivity index (χ0v) is 14.0. The molecule has 1 unspecified atom stereocenters. The molecule has 0 spiro atoms. The van der Waals surface area contributed by atoms with E-state index in [2.05, 4.69) is 25.8 Å². The third kappa shape index (κ3) is 5.02. The topological polar surface area (TPSA) is 32.8 Å². The van der Waals surface area contributed by atoms with Crippen LogP contribution in [0.3, 0.4) is 0 Å². The molecule has 0 radical (unpaired) electrons. The fraction of sp³-hybridized carbons (Fsp3) is 0.611. The third-order valence-corrected chi connectivity index (χ3v) is 4.12. The third-order valence-electron chi connectivity index (χ3n) is 4.12. The van der Waals surface area contributed by atoms with Crippen molar-refractivity contribution >= 4 is 5.91 Å². The van der Waals surface area contributed by atoms with E-state index in [1.807, 2.05) is 35.2 Å². The second-order valence-corrected chi connectivity index (χ2v) is 6.55. The van der Waals surface area contributed by atoms with Crippen LogP contribution in [0.2, 0.25) is 0 Å². The van der Waals surface area contributed by atoms with Gasteiger partial charge in [-0.1, -0.05) is 32.0 Å². The molecule has 0 saturated carbocycles. The molecule has 1 amide bonds. The molecule has 1 aliphatic heterocycles. The Morgan fingerprint density at radius 3 is 2.55 bits per heavy atom. The molecular formula is C18H28N2O2. The molecule has 1 heterocycles. The summed E-state index contributed by atoms with van der Waals surface area (Å²) < 4.78 is 5.93. The summed E-state index contributed by atoms with van der Waals surface area (Å²) in [6.45, 7) is 7.55. The maximum absolute atomic E-state index is 12.4. The molecule has 1 aliphatic rings. The second kappa shape index (κ2) is 8.18. The normalized spacial score (nSPS) is 18.4. The molecule has 0 aliphatic carbocycles. The first kappa shape index (κ1) is 16.8. The van der Waals surface area contributed by atoms with Crippen LogP contribution >= 0.6 is 0 Å². The van der Waals surface area contributed by atoms with E-state index in [1.165, 1.54) is 0 Å². The average molecular weight is 304 g/mol. The zero-order valence-electron chi connectivity index (χ0n) is 14.0. The highest BCUT2D eigenvalue weighted by molar-refractivity contribution is 5.77. The molecular weight excluding hydrogens is 276 g/mol.